The molecule has 204 valence electrons. The van der Waals surface area contributed by atoms with E-state index < -0.39 is 39.2 Å². The maximum atomic E-state index is 15.0. The van der Waals surface area contributed by atoms with Gasteiger partial charge in [-0.05, 0) is 118 Å². The van der Waals surface area contributed by atoms with Gasteiger partial charge in [0.05, 0.1) is 16.6 Å². The predicted molar refractivity (Wildman–Crippen MR) is 146 cm³/mol. The van der Waals surface area contributed by atoms with Crippen molar-refractivity contribution in [3.8, 4) is 0 Å². The number of benzene rings is 3. The largest absolute Gasteiger partial charge is 0.303 e. The maximum Gasteiger partial charge on any atom is 0.264 e. The van der Waals surface area contributed by atoms with Crippen LogP contribution in [0.5, 0.6) is 0 Å². The van der Waals surface area contributed by atoms with Crippen LogP contribution in [0.1, 0.15) is 56.2 Å². The van der Waals surface area contributed by atoms with Crippen molar-refractivity contribution in [1.29, 1.82) is 0 Å². The van der Waals surface area contributed by atoms with E-state index in [0.29, 0.717) is 22.6 Å². The van der Waals surface area contributed by atoms with Crippen LogP contribution in [0.3, 0.4) is 0 Å². The van der Waals surface area contributed by atoms with Crippen LogP contribution in [0.25, 0.3) is 0 Å². The molecule has 1 atom stereocenters. The molecule has 4 nitrogen and oxygen atoms in total. The number of rotatable bonds is 10. The fraction of sp³-hybridized carbons (Fsp3) is 0.379. The molecule has 38 heavy (non-hydrogen) atoms. The molecule has 0 spiro atoms. The van der Waals surface area contributed by atoms with Gasteiger partial charge in [-0.3, -0.25) is 4.31 Å². The zero-order valence-electron chi connectivity index (χ0n) is 21.3. The first-order valence-corrected chi connectivity index (χ1v) is 14.7. The molecule has 9 heteroatoms. The molecule has 0 unspecified atom stereocenters. The lowest BCUT2D eigenvalue weighted by Crippen LogP contribution is -2.35. The predicted octanol–water partition coefficient (Wildman–Crippen LogP) is 7.52. The van der Waals surface area contributed by atoms with Gasteiger partial charge in [0.2, 0.25) is 0 Å². The highest BCUT2D eigenvalue weighted by atomic mass is 35.5. The molecule has 0 radical (unpaired) electrons. The Hall–Kier alpha value is -2.55. The standard InChI is InChI=1S/C29H32ClF3N2O2S/c1-21(27-14-10-24(31)19-22(27)7-3-6-18-34-16-4-2-5-17-34)35(29-20-25(32)11-15-28(29)33)38(36,37)26-12-8-23(30)9-13-26/h8-15,19-21H,2-7,16-18H2,1H3/t21-/m1/s1. The Kier molecular flexibility index (Phi) is 9.39. The number of anilines is 1. The summed E-state index contributed by atoms with van der Waals surface area (Å²) in [7, 11) is -4.36. The van der Waals surface area contributed by atoms with Crippen molar-refractivity contribution in [3.05, 3.63) is 94.3 Å². The summed E-state index contributed by atoms with van der Waals surface area (Å²) in [5.41, 5.74) is 0.752. The van der Waals surface area contributed by atoms with Crippen molar-refractivity contribution < 1.29 is 21.6 Å². The zero-order valence-corrected chi connectivity index (χ0v) is 22.9. The minimum atomic E-state index is -4.36. The number of piperidine rings is 1. The lowest BCUT2D eigenvalue weighted by molar-refractivity contribution is 0.225. The van der Waals surface area contributed by atoms with E-state index in [1.807, 2.05) is 0 Å². The van der Waals surface area contributed by atoms with Gasteiger partial charge < -0.3 is 4.90 Å². The summed E-state index contributed by atoms with van der Waals surface area (Å²) in [5, 5.41) is 0.339. The highest BCUT2D eigenvalue weighted by molar-refractivity contribution is 7.92. The minimum Gasteiger partial charge on any atom is -0.303 e. The van der Waals surface area contributed by atoms with Crippen molar-refractivity contribution >= 4 is 27.3 Å². The molecule has 1 aliphatic heterocycles. The quantitative estimate of drug-likeness (QED) is 0.239. The van der Waals surface area contributed by atoms with Gasteiger partial charge in [-0.2, -0.15) is 0 Å². The number of likely N-dealkylation sites (tertiary alicyclic amines) is 1. The summed E-state index contributed by atoms with van der Waals surface area (Å²) in [5.74, 6) is -2.10. The monoisotopic (exact) mass is 564 g/mol. The van der Waals surface area contributed by atoms with Crippen LogP contribution in [0.4, 0.5) is 18.9 Å². The number of hydrogen-bond acceptors (Lipinski definition) is 3. The fourth-order valence-electron chi connectivity index (χ4n) is 5.08. The molecular weight excluding hydrogens is 533 g/mol. The normalized spacial score (nSPS) is 15.4. The molecule has 0 amide bonds. The van der Waals surface area contributed by atoms with Crippen LogP contribution < -0.4 is 4.31 Å². The first-order chi connectivity index (χ1) is 18.2. The van der Waals surface area contributed by atoms with Crippen LogP contribution in [0, 0.1) is 17.5 Å². The molecule has 0 aliphatic carbocycles. The number of aryl methyl sites for hydroxylation is 1. The van der Waals surface area contributed by atoms with Gasteiger partial charge in [0.25, 0.3) is 10.0 Å². The number of nitrogens with zero attached hydrogens (tertiary/aromatic N) is 2. The van der Waals surface area contributed by atoms with E-state index in [0.717, 1.165) is 55.0 Å². The maximum absolute atomic E-state index is 15.0. The molecule has 1 fully saturated rings. The van der Waals surface area contributed by atoms with Gasteiger partial charge in [-0.15, -0.1) is 0 Å². The van der Waals surface area contributed by atoms with E-state index in [1.165, 1.54) is 61.7 Å². The molecule has 1 saturated heterocycles. The van der Waals surface area contributed by atoms with Crippen LogP contribution in [0.2, 0.25) is 5.02 Å². The first-order valence-electron chi connectivity index (χ1n) is 12.9. The Morgan fingerprint density at radius 1 is 0.895 bits per heavy atom. The van der Waals surface area contributed by atoms with Crippen molar-refractivity contribution in [1.82, 2.24) is 4.90 Å². The molecule has 3 aromatic carbocycles. The number of hydrogen-bond donors (Lipinski definition) is 0. The third-order valence-electron chi connectivity index (χ3n) is 7.04. The average Bonchev–Trinajstić information content (AvgIpc) is 2.89. The Morgan fingerprint density at radius 3 is 2.26 bits per heavy atom. The molecule has 0 aromatic heterocycles. The minimum absolute atomic E-state index is 0.123. The SMILES string of the molecule is C[C@H](c1ccc(F)cc1CCCCN1CCCCC1)N(c1cc(F)ccc1F)S(=O)(=O)c1ccc(Cl)cc1. The summed E-state index contributed by atoms with van der Waals surface area (Å²) in [6, 6.07) is 11.4. The Balaban J connectivity index is 1.67. The number of sulfonamides is 1. The third kappa shape index (κ3) is 6.71. The summed E-state index contributed by atoms with van der Waals surface area (Å²) in [6.07, 6.45) is 5.93. The number of halogens is 4. The van der Waals surface area contributed by atoms with Gasteiger partial charge in [0.1, 0.15) is 17.5 Å². The van der Waals surface area contributed by atoms with Crippen LogP contribution in [-0.4, -0.2) is 33.0 Å². The molecular formula is C29H32ClF3N2O2S. The van der Waals surface area contributed by atoms with E-state index in [4.69, 9.17) is 11.6 Å². The fourth-order valence-corrected chi connectivity index (χ4v) is 6.84. The zero-order chi connectivity index (χ0) is 27.3. The summed E-state index contributed by atoms with van der Waals surface area (Å²) < 4.78 is 72.2. The summed E-state index contributed by atoms with van der Waals surface area (Å²) >= 11 is 5.95. The van der Waals surface area contributed by atoms with Crippen LogP contribution >= 0.6 is 11.6 Å². The molecule has 1 aliphatic rings. The topological polar surface area (TPSA) is 40.6 Å². The second-order valence-electron chi connectivity index (χ2n) is 9.73. The van der Waals surface area contributed by atoms with Gasteiger partial charge in [0.15, 0.2) is 0 Å². The Labute approximate surface area is 228 Å². The van der Waals surface area contributed by atoms with Crippen LogP contribution in [0.15, 0.2) is 65.6 Å². The van der Waals surface area contributed by atoms with Crippen molar-refractivity contribution in [2.75, 3.05) is 23.9 Å². The molecule has 0 saturated carbocycles. The Bertz CT molecular complexity index is 1350. The van der Waals surface area contributed by atoms with E-state index in [2.05, 4.69) is 4.90 Å². The van der Waals surface area contributed by atoms with Crippen LogP contribution in [-0.2, 0) is 16.4 Å². The number of unbranched alkanes of at least 4 members (excludes halogenated alkanes) is 1. The van der Waals surface area contributed by atoms with Gasteiger partial charge in [-0.1, -0.05) is 24.1 Å². The highest BCUT2D eigenvalue weighted by Gasteiger charge is 2.33. The first kappa shape index (κ1) is 28.5. The summed E-state index contributed by atoms with van der Waals surface area (Å²) in [6.45, 7) is 4.76. The van der Waals surface area contributed by atoms with E-state index in [1.54, 1.807) is 6.92 Å². The van der Waals surface area contributed by atoms with Gasteiger partial charge >= 0.3 is 0 Å². The van der Waals surface area contributed by atoms with E-state index >= 15 is 4.39 Å². The van der Waals surface area contributed by atoms with Gasteiger partial charge in [-0.25, -0.2) is 21.6 Å². The van der Waals surface area contributed by atoms with Crippen molar-refractivity contribution in [2.45, 2.75) is 56.4 Å². The summed E-state index contributed by atoms with van der Waals surface area (Å²) in [4.78, 5) is 2.31. The lowest BCUT2D eigenvalue weighted by atomic mass is 9.96. The molecule has 0 bridgehead atoms. The van der Waals surface area contributed by atoms with Gasteiger partial charge in [0, 0.05) is 11.1 Å². The second kappa shape index (κ2) is 12.5. The molecule has 0 N–H and O–H groups in total. The lowest BCUT2D eigenvalue weighted by Gasteiger charge is -2.32. The molecule has 3 aromatic rings. The Morgan fingerprint density at radius 2 is 1.55 bits per heavy atom. The van der Waals surface area contributed by atoms with E-state index in [-0.39, 0.29) is 4.90 Å². The molecule has 4 rings (SSSR count). The second-order valence-corrected chi connectivity index (χ2v) is 12.0. The smallest absolute Gasteiger partial charge is 0.264 e. The van der Waals surface area contributed by atoms with Crippen molar-refractivity contribution in [2.24, 2.45) is 0 Å². The third-order valence-corrected chi connectivity index (χ3v) is 9.19. The van der Waals surface area contributed by atoms with E-state index in [9.17, 15) is 17.2 Å². The molecule has 1 heterocycles. The highest BCUT2D eigenvalue weighted by Crippen LogP contribution is 2.37. The van der Waals surface area contributed by atoms with Crippen molar-refractivity contribution in [3.63, 3.8) is 0 Å². The average molecular weight is 565 g/mol.